The van der Waals surface area contributed by atoms with E-state index < -0.39 is 17.5 Å². The molecule has 0 saturated carbocycles. The zero-order valence-corrected chi connectivity index (χ0v) is 11.3. The Morgan fingerprint density at radius 2 is 1.77 bits per heavy atom. The predicted molar refractivity (Wildman–Crippen MR) is 76.0 cm³/mol. The summed E-state index contributed by atoms with van der Waals surface area (Å²) in [5.74, 6) is -0.518. The van der Waals surface area contributed by atoms with Gasteiger partial charge in [0.25, 0.3) is 0 Å². The maximum absolute atomic E-state index is 12.6. The number of nitrogens with zero attached hydrogens (tertiary/aromatic N) is 1. The number of allylic oxidation sites excluding steroid dienone is 1. The molecule has 0 fully saturated rings. The summed E-state index contributed by atoms with van der Waals surface area (Å²) in [5.41, 5.74) is 0.283. The monoisotopic (exact) mass is 301 g/mol. The number of hydrogen-bond donors (Lipinski definition) is 0. The molecular weight excluding hydrogens is 291 g/mol. The van der Waals surface area contributed by atoms with E-state index in [2.05, 4.69) is 0 Å². The van der Waals surface area contributed by atoms with Gasteiger partial charge >= 0.3 is 6.18 Å². The summed E-state index contributed by atoms with van der Waals surface area (Å²) in [6.07, 6.45) is -1.78. The summed E-state index contributed by atoms with van der Waals surface area (Å²) in [4.78, 5) is 11.9. The molecule has 110 valence electrons. The SMILES string of the molecule is N#Cc1ccc(C=CC(=O)c2cccc(C(F)(F)F)c2)cc1. The van der Waals surface area contributed by atoms with Crippen LogP contribution in [0.1, 0.15) is 27.0 Å². The normalized spacial score (nSPS) is 11.4. The van der Waals surface area contributed by atoms with Crippen LogP contribution >= 0.6 is 0 Å². The number of benzene rings is 2. The molecule has 0 aliphatic carbocycles. The van der Waals surface area contributed by atoms with Gasteiger partial charge in [0.2, 0.25) is 0 Å². The maximum Gasteiger partial charge on any atom is 0.416 e. The highest BCUT2D eigenvalue weighted by Gasteiger charge is 2.30. The number of rotatable bonds is 3. The van der Waals surface area contributed by atoms with E-state index in [1.54, 1.807) is 24.3 Å². The number of ketones is 1. The van der Waals surface area contributed by atoms with Crippen molar-refractivity contribution < 1.29 is 18.0 Å². The summed E-state index contributed by atoms with van der Waals surface area (Å²) in [5, 5.41) is 8.67. The maximum atomic E-state index is 12.6. The van der Waals surface area contributed by atoms with Crippen LogP contribution in [-0.2, 0) is 6.18 Å². The molecule has 2 rings (SSSR count). The second kappa shape index (κ2) is 6.27. The van der Waals surface area contributed by atoms with Crippen molar-refractivity contribution in [2.45, 2.75) is 6.18 Å². The number of halogens is 3. The summed E-state index contributed by atoms with van der Waals surface area (Å²) in [6.45, 7) is 0. The van der Waals surface area contributed by atoms with Crippen molar-refractivity contribution in [2.75, 3.05) is 0 Å². The standard InChI is InChI=1S/C17H10F3NO/c18-17(19,20)15-3-1-2-14(10-15)16(22)9-8-12-4-6-13(11-21)7-5-12/h1-10H. The Kier molecular flexibility index (Phi) is 4.42. The Morgan fingerprint density at radius 1 is 1.09 bits per heavy atom. The molecule has 22 heavy (non-hydrogen) atoms. The Bertz CT molecular complexity index is 753. The van der Waals surface area contributed by atoms with Gasteiger partial charge in [0.15, 0.2) is 5.78 Å². The first-order chi connectivity index (χ1) is 10.4. The van der Waals surface area contributed by atoms with Crippen LogP contribution in [-0.4, -0.2) is 5.78 Å². The molecule has 0 N–H and O–H groups in total. The lowest BCUT2D eigenvalue weighted by molar-refractivity contribution is -0.137. The lowest BCUT2D eigenvalue weighted by Crippen LogP contribution is -2.06. The quantitative estimate of drug-likeness (QED) is 0.620. The van der Waals surface area contributed by atoms with Crippen LogP contribution < -0.4 is 0 Å². The lowest BCUT2D eigenvalue weighted by Gasteiger charge is -2.07. The molecule has 0 aliphatic heterocycles. The molecule has 2 nitrogen and oxygen atoms in total. The molecule has 0 radical (unpaired) electrons. The van der Waals surface area contributed by atoms with E-state index >= 15 is 0 Å². The fourth-order valence-corrected chi connectivity index (χ4v) is 1.79. The van der Waals surface area contributed by atoms with Crippen LogP contribution in [0.4, 0.5) is 13.2 Å². The Balaban J connectivity index is 2.18. The average molecular weight is 301 g/mol. The van der Waals surface area contributed by atoms with Gasteiger partial charge in [-0.1, -0.05) is 30.3 Å². The fraction of sp³-hybridized carbons (Fsp3) is 0.0588. The van der Waals surface area contributed by atoms with E-state index in [9.17, 15) is 18.0 Å². The van der Waals surface area contributed by atoms with Crippen LogP contribution in [0.15, 0.2) is 54.6 Å². The largest absolute Gasteiger partial charge is 0.416 e. The Morgan fingerprint density at radius 3 is 2.36 bits per heavy atom. The zero-order valence-electron chi connectivity index (χ0n) is 11.3. The number of nitriles is 1. The number of carbonyl (C=O) groups is 1. The van der Waals surface area contributed by atoms with Gasteiger partial charge in [0.1, 0.15) is 0 Å². The number of carbonyl (C=O) groups excluding carboxylic acids is 1. The number of hydrogen-bond acceptors (Lipinski definition) is 2. The fourth-order valence-electron chi connectivity index (χ4n) is 1.79. The van der Waals surface area contributed by atoms with E-state index in [0.29, 0.717) is 11.1 Å². The topological polar surface area (TPSA) is 40.9 Å². The van der Waals surface area contributed by atoms with Crippen LogP contribution in [0, 0.1) is 11.3 Å². The highest BCUT2D eigenvalue weighted by Crippen LogP contribution is 2.29. The van der Waals surface area contributed by atoms with Gasteiger partial charge in [0, 0.05) is 5.56 Å². The van der Waals surface area contributed by atoms with Crippen molar-refractivity contribution >= 4 is 11.9 Å². The van der Waals surface area contributed by atoms with Crippen LogP contribution in [0.25, 0.3) is 6.08 Å². The Hall–Kier alpha value is -2.87. The van der Waals surface area contributed by atoms with Gasteiger partial charge in [-0.2, -0.15) is 18.4 Å². The molecule has 2 aromatic carbocycles. The second-order valence-corrected chi connectivity index (χ2v) is 4.51. The average Bonchev–Trinajstić information content (AvgIpc) is 2.52. The summed E-state index contributed by atoms with van der Waals surface area (Å²) < 4.78 is 37.8. The first-order valence-corrected chi connectivity index (χ1v) is 6.30. The minimum absolute atomic E-state index is 0.0280. The summed E-state index contributed by atoms with van der Waals surface area (Å²) >= 11 is 0. The van der Waals surface area contributed by atoms with Crippen LogP contribution in [0.5, 0.6) is 0 Å². The van der Waals surface area contributed by atoms with Gasteiger partial charge in [-0.05, 0) is 35.9 Å². The van der Waals surface area contributed by atoms with E-state index in [1.807, 2.05) is 6.07 Å². The summed E-state index contributed by atoms with van der Waals surface area (Å²) in [6, 6.07) is 12.7. The third kappa shape index (κ3) is 3.83. The van der Waals surface area contributed by atoms with Crippen molar-refractivity contribution in [3.05, 3.63) is 76.9 Å². The van der Waals surface area contributed by atoms with Crippen LogP contribution in [0.3, 0.4) is 0 Å². The van der Waals surface area contributed by atoms with Gasteiger partial charge in [-0.15, -0.1) is 0 Å². The minimum atomic E-state index is -4.48. The third-order valence-electron chi connectivity index (χ3n) is 2.94. The first-order valence-electron chi connectivity index (χ1n) is 6.30. The van der Waals surface area contributed by atoms with Gasteiger partial charge in [-0.3, -0.25) is 4.79 Å². The molecule has 0 saturated heterocycles. The van der Waals surface area contributed by atoms with E-state index in [1.165, 1.54) is 24.3 Å². The molecule has 0 bridgehead atoms. The van der Waals surface area contributed by atoms with E-state index in [-0.39, 0.29) is 5.56 Å². The van der Waals surface area contributed by atoms with Gasteiger partial charge in [0.05, 0.1) is 17.2 Å². The smallest absolute Gasteiger partial charge is 0.289 e. The van der Waals surface area contributed by atoms with Crippen molar-refractivity contribution in [3.63, 3.8) is 0 Å². The van der Waals surface area contributed by atoms with Crippen molar-refractivity contribution in [1.29, 1.82) is 5.26 Å². The molecule has 0 spiro atoms. The van der Waals surface area contributed by atoms with E-state index in [0.717, 1.165) is 12.1 Å². The predicted octanol–water partition coefficient (Wildman–Crippen LogP) is 4.47. The van der Waals surface area contributed by atoms with Crippen molar-refractivity contribution in [1.82, 2.24) is 0 Å². The molecule has 0 aromatic heterocycles. The Labute approximate surface area is 125 Å². The first kappa shape index (κ1) is 15.5. The molecule has 5 heteroatoms. The summed E-state index contributed by atoms with van der Waals surface area (Å²) in [7, 11) is 0. The molecule has 0 heterocycles. The van der Waals surface area contributed by atoms with Crippen molar-refractivity contribution in [2.24, 2.45) is 0 Å². The molecule has 2 aromatic rings. The molecule has 0 atom stereocenters. The highest BCUT2D eigenvalue weighted by atomic mass is 19.4. The molecular formula is C17H10F3NO. The molecule has 0 amide bonds. The van der Waals surface area contributed by atoms with Gasteiger partial charge in [-0.25, -0.2) is 0 Å². The van der Waals surface area contributed by atoms with Gasteiger partial charge < -0.3 is 0 Å². The third-order valence-corrected chi connectivity index (χ3v) is 2.94. The van der Waals surface area contributed by atoms with Crippen molar-refractivity contribution in [3.8, 4) is 6.07 Å². The molecule has 0 aliphatic rings. The van der Waals surface area contributed by atoms with Crippen LogP contribution in [0.2, 0.25) is 0 Å². The second-order valence-electron chi connectivity index (χ2n) is 4.51. The van der Waals surface area contributed by atoms with E-state index in [4.69, 9.17) is 5.26 Å². The zero-order chi connectivity index (χ0) is 16.2. The minimum Gasteiger partial charge on any atom is -0.289 e. The highest BCUT2D eigenvalue weighted by molar-refractivity contribution is 6.06. The number of alkyl halides is 3. The lowest BCUT2D eigenvalue weighted by atomic mass is 10.1. The molecule has 0 unspecified atom stereocenters.